The zero-order chi connectivity index (χ0) is 17.2. The summed E-state index contributed by atoms with van der Waals surface area (Å²) >= 11 is 0. The molecule has 1 saturated heterocycles. The van der Waals surface area contributed by atoms with Gasteiger partial charge in [0.15, 0.2) is 0 Å². The molecule has 1 atom stereocenters. The molecule has 0 radical (unpaired) electrons. The quantitative estimate of drug-likeness (QED) is 0.738. The standard InChI is InChI=1S/C20H21N3O2/c1-2-22-13-17(16-5-3-4-6-18(16)22)20(24)23-11-12-25-19(14-23)15-7-9-21-10-8-15/h3-10,13,19H,2,11-12,14H2,1H3/t19-/m0/s1. The smallest absolute Gasteiger partial charge is 0.256 e. The van der Waals surface area contributed by atoms with E-state index in [9.17, 15) is 4.79 Å². The molecule has 0 unspecified atom stereocenters. The molecule has 1 aromatic carbocycles. The van der Waals surface area contributed by atoms with Gasteiger partial charge in [-0.3, -0.25) is 9.78 Å². The van der Waals surface area contributed by atoms with Crippen molar-refractivity contribution in [2.45, 2.75) is 19.6 Å². The van der Waals surface area contributed by atoms with Gasteiger partial charge in [-0.25, -0.2) is 0 Å². The zero-order valence-corrected chi connectivity index (χ0v) is 14.3. The average molecular weight is 335 g/mol. The van der Waals surface area contributed by atoms with Crippen molar-refractivity contribution in [1.29, 1.82) is 0 Å². The van der Waals surface area contributed by atoms with E-state index in [1.165, 1.54) is 0 Å². The van der Waals surface area contributed by atoms with Crippen molar-refractivity contribution in [3.8, 4) is 0 Å². The lowest BCUT2D eigenvalue weighted by Gasteiger charge is -2.33. The van der Waals surface area contributed by atoms with Gasteiger partial charge in [-0.05, 0) is 30.7 Å². The second kappa shape index (κ2) is 6.69. The third-order valence-electron chi connectivity index (χ3n) is 4.79. The Bertz CT molecular complexity index is 888. The lowest BCUT2D eigenvalue weighted by Crippen LogP contribution is -2.42. The molecular formula is C20H21N3O2. The maximum atomic E-state index is 13.2. The Labute approximate surface area is 146 Å². The number of carbonyl (C=O) groups excluding carboxylic acids is 1. The van der Waals surface area contributed by atoms with E-state index in [1.807, 2.05) is 41.4 Å². The number of pyridine rings is 1. The van der Waals surface area contributed by atoms with Crippen LogP contribution in [0.2, 0.25) is 0 Å². The van der Waals surface area contributed by atoms with Crippen LogP contribution in [0.15, 0.2) is 55.0 Å². The van der Waals surface area contributed by atoms with E-state index in [1.54, 1.807) is 12.4 Å². The molecule has 0 aliphatic carbocycles. The number of amides is 1. The summed E-state index contributed by atoms with van der Waals surface area (Å²) in [5.74, 6) is 0.0748. The van der Waals surface area contributed by atoms with Gasteiger partial charge in [-0.15, -0.1) is 0 Å². The van der Waals surface area contributed by atoms with E-state index in [4.69, 9.17) is 4.74 Å². The topological polar surface area (TPSA) is 47.4 Å². The maximum absolute atomic E-state index is 13.2. The van der Waals surface area contributed by atoms with Gasteiger partial charge in [0.2, 0.25) is 0 Å². The predicted octanol–water partition coefficient (Wildman–Crippen LogP) is 3.27. The lowest BCUT2D eigenvalue weighted by molar-refractivity contribution is -0.0228. The van der Waals surface area contributed by atoms with E-state index in [2.05, 4.69) is 22.5 Å². The Balaban J connectivity index is 1.63. The highest BCUT2D eigenvalue weighted by Crippen LogP contribution is 2.26. The molecule has 3 heterocycles. The van der Waals surface area contributed by atoms with Crippen LogP contribution in [0, 0.1) is 0 Å². The molecule has 5 heteroatoms. The number of morpholine rings is 1. The highest BCUT2D eigenvalue weighted by atomic mass is 16.5. The van der Waals surface area contributed by atoms with Crippen molar-refractivity contribution in [2.75, 3.05) is 19.7 Å². The fraction of sp³-hybridized carbons (Fsp3) is 0.300. The van der Waals surface area contributed by atoms with Crippen molar-refractivity contribution < 1.29 is 9.53 Å². The van der Waals surface area contributed by atoms with E-state index in [-0.39, 0.29) is 12.0 Å². The summed E-state index contributed by atoms with van der Waals surface area (Å²) in [6.07, 6.45) is 5.40. The molecule has 0 saturated carbocycles. The minimum Gasteiger partial charge on any atom is -0.370 e. The van der Waals surface area contributed by atoms with Crippen LogP contribution < -0.4 is 0 Å². The van der Waals surface area contributed by atoms with E-state index >= 15 is 0 Å². The van der Waals surface area contributed by atoms with Gasteiger partial charge in [0, 0.05) is 42.6 Å². The Morgan fingerprint density at radius 3 is 2.84 bits per heavy atom. The monoisotopic (exact) mass is 335 g/mol. The van der Waals surface area contributed by atoms with Crippen LogP contribution in [0.1, 0.15) is 28.9 Å². The molecule has 1 aliphatic heterocycles. The highest BCUT2D eigenvalue weighted by Gasteiger charge is 2.27. The lowest BCUT2D eigenvalue weighted by atomic mass is 10.1. The van der Waals surface area contributed by atoms with Crippen LogP contribution in [-0.4, -0.2) is 40.1 Å². The van der Waals surface area contributed by atoms with Crippen molar-refractivity contribution in [3.63, 3.8) is 0 Å². The number of aromatic nitrogens is 2. The van der Waals surface area contributed by atoms with Crippen LogP contribution >= 0.6 is 0 Å². The van der Waals surface area contributed by atoms with Gasteiger partial charge in [-0.1, -0.05) is 18.2 Å². The number of benzene rings is 1. The second-order valence-corrected chi connectivity index (χ2v) is 6.24. The minimum atomic E-state index is -0.0970. The van der Waals surface area contributed by atoms with Gasteiger partial charge in [-0.2, -0.15) is 0 Å². The minimum absolute atomic E-state index is 0.0748. The van der Waals surface area contributed by atoms with Crippen LogP contribution in [0.5, 0.6) is 0 Å². The second-order valence-electron chi connectivity index (χ2n) is 6.24. The number of fused-ring (bicyclic) bond motifs is 1. The van der Waals surface area contributed by atoms with Crippen LogP contribution in [0.25, 0.3) is 10.9 Å². The summed E-state index contributed by atoms with van der Waals surface area (Å²) < 4.78 is 8.00. The van der Waals surface area contributed by atoms with E-state index < -0.39 is 0 Å². The number of para-hydroxylation sites is 1. The summed E-state index contributed by atoms with van der Waals surface area (Å²) in [6, 6.07) is 12.0. The molecule has 2 aromatic heterocycles. The van der Waals surface area contributed by atoms with Crippen molar-refractivity contribution in [3.05, 3.63) is 66.1 Å². The third-order valence-corrected chi connectivity index (χ3v) is 4.79. The number of ether oxygens (including phenoxy) is 1. The Morgan fingerprint density at radius 1 is 1.24 bits per heavy atom. The number of nitrogens with zero attached hydrogens (tertiary/aromatic N) is 3. The molecule has 1 aliphatic rings. The Kier molecular flexibility index (Phi) is 4.24. The third kappa shape index (κ3) is 2.91. The molecule has 3 aromatic rings. The van der Waals surface area contributed by atoms with Crippen LogP contribution in [0.4, 0.5) is 0 Å². The molecular weight excluding hydrogens is 314 g/mol. The largest absolute Gasteiger partial charge is 0.370 e. The average Bonchev–Trinajstić information content (AvgIpc) is 3.07. The van der Waals surface area contributed by atoms with Crippen molar-refractivity contribution in [1.82, 2.24) is 14.5 Å². The Hall–Kier alpha value is -2.66. The van der Waals surface area contributed by atoms with Crippen LogP contribution in [-0.2, 0) is 11.3 Å². The fourth-order valence-electron chi connectivity index (χ4n) is 3.46. The molecule has 128 valence electrons. The van der Waals surface area contributed by atoms with E-state index in [0.717, 1.165) is 28.6 Å². The van der Waals surface area contributed by atoms with Crippen LogP contribution in [0.3, 0.4) is 0 Å². The number of aryl methyl sites for hydroxylation is 1. The molecule has 0 spiro atoms. The van der Waals surface area contributed by atoms with Gasteiger partial charge >= 0.3 is 0 Å². The summed E-state index contributed by atoms with van der Waals surface area (Å²) in [5.41, 5.74) is 2.93. The van der Waals surface area contributed by atoms with Gasteiger partial charge in [0.05, 0.1) is 18.7 Å². The normalized spacial score (nSPS) is 17.8. The first-order valence-corrected chi connectivity index (χ1v) is 8.66. The Morgan fingerprint density at radius 2 is 2.04 bits per heavy atom. The molecule has 25 heavy (non-hydrogen) atoms. The predicted molar refractivity (Wildman–Crippen MR) is 96.4 cm³/mol. The van der Waals surface area contributed by atoms with Crippen molar-refractivity contribution >= 4 is 16.8 Å². The first kappa shape index (κ1) is 15.8. The molecule has 0 bridgehead atoms. The summed E-state index contributed by atoms with van der Waals surface area (Å²) in [7, 11) is 0. The molecule has 4 rings (SSSR count). The zero-order valence-electron chi connectivity index (χ0n) is 14.3. The maximum Gasteiger partial charge on any atom is 0.256 e. The molecule has 1 fully saturated rings. The molecule has 5 nitrogen and oxygen atoms in total. The fourth-order valence-corrected chi connectivity index (χ4v) is 3.46. The van der Waals surface area contributed by atoms with Crippen molar-refractivity contribution in [2.24, 2.45) is 0 Å². The molecule has 0 N–H and O–H groups in total. The number of hydrogen-bond acceptors (Lipinski definition) is 3. The molecule has 1 amide bonds. The first-order chi connectivity index (χ1) is 12.3. The summed E-state index contributed by atoms with van der Waals surface area (Å²) in [4.78, 5) is 19.1. The first-order valence-electron chi connectivity index (χ1n) is 8.66. The number of carbonyl (C=O) groups is 1. The highest BCUT2D eigenvalue weighted by molar-refractivity contribution is 6.07. The number of rotatable bonds is 3. The van der Waals surface area contributed by atoms with E-state index in [0.29, 0.717) is 19.7 Å². The number of hydrogen-bond donors (Lipinski definition) is 0. The SMILES string of the molecule is CCn1cc(C(=O)N2CCO[C@H](c3ccncc3)C2)c2ccccc21. The van der Waals surface area contributed by atoms with Gasteiger partial charge in [0.1, 0.15) is 6.10 Å². The van der Waals surface area contributed by atoms with Gasteiger partial charge in [0.25, 0.3) is 5.91 Å². The summed E-state index contributed by atoms with van der Waals surface area (Å²) in [5, 5.41) is 1.02. The summed E-state index contributed by atoms with van der Waals surface area (Å²) in [6.45, 7) is 4.66. The van der Waals surface area contributed by atoms with Gasteiger partial charge < -0.3 is 14.2 Å².